The SMILES string of the molecule is Cc1cccc(C=NN2C(=O)CN(C(c3ccccc3)c3ccccc3)CC2=O)n1. The van der Waals surface area contributed by atoms with Gasteiger partial charge in [-0.2, -0.15) is 10.1 Å². The van der Waals surface area contributed by atoms with Crippen LogP contribution in [0.15, 0.2) is 84.0 Å². The third-order valence-corrected chi connectivity index (χ3v) is 4.96. The normalized spacial score (nSPS) is 15.3. The van der Waals surface area contributed by atoms with Crippen LogP contribution in [0.1, 0.15) is 28.6 Å². The van der Waals surface area contributed by atoms with Gasteiger partial charge in [-0.25, -0.2) is 0 Å². The molecule has 2 amide bonds. The molecule has 1 aliphatic heterocycles. The van der Waals surface area contributed by atoms with E-state index in [1.54, 1.807) is 6.07 Å². The number of amides is 2. The van der Waals surface area contributed by atoms with Gasteiger partial charge >= 0.3 is 0 Å². The highest BCUT2D eigenvalue weighted by Gasteiger charge is 2.35. The first-order valence-corrected chi connectivity index (χ1v) is 9.79. The summed E-state index contributed by atoms with van der Waals surface area (Å²) in [6.07, 6.45) is 1.45. The van der Waals surface area contributed by atoms with Gasteiger partial charge in [0.15, 0.2) is 0 Å². The van der Waals surface area contributed by atoms with Crippen LogP contribution in [-0.2, 0) is 9.59 Å². The molecule has 2 aromatic carbocycles. The topological polar surface area (TPSA) is 65.9 Å². The van der Waals surface area contributed by atoms with Crippen LogP contribution in [0.3, 0.4) is 0 Å². The van der Waals surface area contributed by atoms with Crippen LogP contribution < -0.4 is 0 Å². The largest absolute Gasteiger partial charge is 0.274 e. The van der Waals surface area contributed by atoms with Crippen molar-refractivity contribution in [1.29, 1.82) is 0 Å². The van der Waals surface area contributed by atoms with Gasteiger partial charge in [0.25, 0.3) is 11.8 Å². The van der Waals surface area contributed by atoms with Crippen molar-refractivity contribution < 1.29 is 9.59 Å². The van der Waals surface area contributed by atoms with E-state index in [9.17, 15) is 9.59 Å². The first-order valence-electron chi connectivity index (χ1n) is 9.79. The van der Waals surface area contributed by atoms with Gasteiger partial charge in [0.1, 0.15) is 0 Å². The van der Waals surface area contributed by atoms with Crippen molar-refractivity contribution in [3.05, 3.63) is 101 Å². The molecule has 1 fully saturated rings. The Hall–Kier alpha value is -3.64. The lowest BCUT2D eigenvalue weighted by atomic mass is 9.96. The average Bonchev–Trinajstić information content (AvgIpc) is 2.75. The number of hydrazone groups is 1. The van der Waals surface area contributed by atoms with Crippen LogP contribution in [0.25, 0.3) is 0 Å². The van der Waals surface area contributed by atoms with Crippen molar-refractivity contribution in [2.75, 3.05) is 13.1 Å². The van der Waals surface area contributed by atoms with E-state index in [-0.39, 0.29) is 30.9 Å². The number of carbonyl (C=O) groups is 2. The van der Waals surface area contributed by atoms with Crippen molar-refractivity contribution in [2.24, 2.45) is 5.10 Å². The average molecular weight is 398 g/mol. The maximum Gasteiger partial charge on any atom is 0.264 e. The molecule has 0 N–H and O–H groups in total. The van der Waals surface area contributed by atoms with E-state index in [0.29, 0.717) is 5.69 Å². The maximum absolute atomic E-state index is 12.8. The van der Waals surface area contributed by atoms with Crippen LogP contribution in [0.5, 0.6) is 0 Å². The zero-order valence-corrected chi connectivity index (χ0v) is 16.7. The second-order valence-electron chi connectivity index (χ2n) is 7.18. The highest BCUT2D eigenvalue weighted by Crippen LogP contribution is 2.29. The summed E-state index contributed by atoms with van der Waals surface area (Å²) in [5.74, 6) is -0.709. The predicted octanol–water partition coefficient (Wildman–Crippen LogP) is 3.18. The number of benzene rings is 2. The number of rotatable bonds is 5. The predicted molar refractivity (Wildman–Crippen MR) is 115 cm³/mol. The van der Waals surface area contributed by atoms with Gasteiger partial charge in [-0.1, -0.05) is 66.7 Å². The first-order chi connectivity index (χ1) is 14.6. The first kappa shape index (κ1) is 19.7. The van der Waals surface area contributed by atoms with Gasteiger partial charge in [-0.15, -0.1) is 0 Å². The molecule has 1 saturated heterocycles. The van der Waals surface area contributed by atoms with E-state index in [0.717, 1.165) is 21.8 Å². The second-order valence-corrected chi connectivity index (χ2v) is 7.18. The van der Waals surface area contributed by atoms with Gasteiger partial charge in [-0.05, 0) is 30.2 Å². The summed E-state index contributed by atoms with van der Waals surface area (Å²) in [5, 5.41) is 5.07. The third kappa shape index (κ3) is 4.34. The summed E-state index contributed by atoms with van der Waals surface area (Å²) in [5.41, 5.74) is 3.51. The molecule has 0 spiro atoms. The van der Waals surface area contributed by atoms with Crippen LogP contribution in [0.2, 0.25) is 0 Å². The Morgan fingerprint density at radius 3 is 1.93 bits per heavy atom. The van der Waals surface area contributed by atoms with Gasteiger partial charge < -0.3 is 0 Å². The number of hydrogen-bond donors (Lipinski definition) is 0. The molecule has 6 heteroatoms. The molecule has 150 valence electrons. The number of aromatic nitrogens is 1. The number of imide groups is 1. The molecule has 30 heavy (non-hydrogen) atoms. The Balaban J connectivity index is 1.58. The lowest BCUT2D eigenvalue weighted by molar-refractivity contribution is -0.152. The number of hydrogen-bond acceptors (Lipinski definition) is 5. The Bertz CT molecular complexity index is 1010. The van der Waals surface area contributed by atoms with Crippen LogP contribution >= 0.6 is 0 Å². The van der Waals surface area contributed by atoms with E-state index < -0.39 is 0 Å². The Labute approximate surface area is 175 Å². The molecule has 0 atom stereocenters. The zero-order chi connectivity index (χ0) is 20.9. The smallest absolute Gasteiger partial charge is 0.264 e. The molecular formula is C24H22N4O2. The molecule has 0 saturated carbocycles. The minimum atomic E-state index is -0.355. The van der Waals surface area contributed by atoms with E-state index in [1.807, 2.05) is 84.6 Å². The molecule has 0 bridgehead atoms. The lowest BCUT2D eigenvalue weighted by Crippen LogP contribution is -2.52. The Morgan fingerprint density at radius 1 is 0.833 bits per heavy atom. The molecule has 1 aliphatic rings. The van der Waals surface area contributed by atoms with E-state index in [4.69, 9.17) is 0 Å². The van der Waals surface area contributed by atoms with Gasteiger partial charge in [-0.3, -0.25) is 19.5 Å². The van der Waals surface area contributed by atoms with Crippen LogP contribution in [0.4, 0.5) is 0 Å². The quantitative estimate of drug-likeness (QED) is 0.489. The van der Waals surface area contributed by atoms with E-state index >= 15 is 0 Å². The summed E-state index contributed by atoms with van der Waals surface area (Å²) in [6.45, 7) is 2.07. The molecule has 0 aliphatic carbocycles. The van der Waals surface area contributed by atoms with Crippen molar-refractivity contribution in [3.8, 4) is 0 Å². The zero-order valence-electron chi connectivity index (χ0n) is 16.7. The third-order valence-electron chi connectivity index (χ3n) is 4.96. The van der Waals surface area contributed by atoms with Crippen molar-refractivity contribution >= 4 is 18.0 Å². The molecule has 0 radical (unpaired) electrons. The molecule has 3 aromatic rings. The van der Waals surface area contributed by atoms with Crippen molar-refractivity contribution in [1.82, 2.24) is 14.9 Å². The van der Waals surface area contributed by atoms with Crippen molar-refractivity contribution in [3.63, 3.8) is 0 Å². The maximum atomic E-state index is 12.8. The van der Waals surface area contributed by atoms with Gasteiger partial charge in [0.2, 0.25) is 0 Å². The fraction of sp³-hybridized carbons (Fsp3) is 0.167. The summed E-state index contributed by atoms with van der Waals surface area (Å²) < 4.78 is 0. The Morgan fingerprint density at radius 2 is 1.40 bits per heavy atom. The molecular weight excluding hydrogens is 376 g/mol. The lowest BCUT2D eigenvalue weighted by Gasteiger charge is -2.36. The van der Waals surface area contributed by atoms with E-state index in [1.165, 1.54) is 6.21 Å². The Kier molecular flexibility index (Phi) is 5.77. The summed E-state index contributed by atoms with van der Waals surface area (Å²) >= 11 is 0. The van der Waals surface area contributed by atoms with E-state index in [2.05, 4.69) is 10.1 Å². The standard InChI is InChI=1S/C24H22N4O2/c1-18-9-8-14-21(26-18)15-25-28-22(29)16-27(17-23(28)30)24(19-10-4-2-5-11-19)20-12-6-3-7-13-20/h2-15,24H,16-17H2,1H3. The molecule has 1 aromatic heterocycles. The van der Waals surface area contributed by atoms with Crippen LogP contribution in [0, 0.1) is 6.92 Å². The number of piperazine rings is 1. The fourth-order valence-electron chi connectivity index (χ4n) is 3.63. The monoisotopic (exact) mass is 398 g/mol. The minimum Gasteiger partial charge on any atom is -0.274 e. The molecule has 0 unspecified atom stereocenters. The molecule has 4 rings (SSSR count). The summed E-state index contributed by atoms with van der Waals surface area (Å²) in [4.78, 5) is 31.8. The molecule has 2 heterocycles. The number of aryl methyl sites for hydroxylation is 1. The highest BCUT2D eigenvalue weighted by molar-refractivity contribution is 6.00. The van der Waals surface area contributed by atoms with Crippen LogP contribution in [-0.4, -0.2) is 46.0 Å². The number of pyridine rings is 1. The van der Waals surface area contributed by atoms with Gasteiger partial charge in [0.05, 0.1) is 31.0 Å². The summed E-state index contributed by atoms with van der Waals surface area (Å²) in [7, 11) is 0. The minimum absolute atomic E-state index is 0.0960. The number of nitrogens with zero attached hydrogens (tertiary/aromatic N) is 4. The highest BCUT2D eigenvalue weighted by atomic mass is 16.2. The fourth-order valence-corrected chi connectivity index (χ4v) is 3.63. The molecule has 6 nitrogen and oxygen atoms in total. The summed E-state index contributed by atoms with van der Waals surface area (Å²) in [6, 6.07) is 25.1. The second kappa shape index (κ2) is 8.80. The van der Waals surface area contributed by atoms with Gasteiger partial charge in [0, 0.05) is 5.69 Å². The van der Waals surface area contributed by atoms with Crippen molar-refractivity contribution in [2.45, 2.75) is 13.0 Å². The number of carbonyl (C=O) groups excluding carboxylic acids is 2.